The molecule has 1 heterocycles. The molecule has 0 radical (unpaired) electrons. The van der Waals surface area contributed by atoms with Crippen LogP contribution in [0.4, 0.5) is 0 Å². The minimum atomic E-state index is -3.93. The summed E-state index contributed by atoms with van der Waals surface area (Å²) in [4.78, 5) is 40.1. The van der Waals surface area contributed by atoms with Crippen LogP contribution in [0.1, 0.15) is 49.0 Å². The van der Waals surface area contributed by atoms with Crippen molar-refractivity contribution in [2.45, 2.75) is 50.6 Å². The Morgan fingerprint density at radius 2 is 1.86 bits per heavy atom. The fourth-order valence-electron chi connectivity index (χ4n) is 4.15. The van der Waals surface area contributed by atoms with Crippen LogP contribution in [0.25, 0.3) is 0 Å². The molecule has 0 spiro atoms. The fraction of sp³-hybridized carbons (Fsp3) is 0.400. The quantitative estimate of drug-likeness (QED) is 0.506. The number of ether oxygens (including phenoxy) is 1. The molecule has 35 heavy (non-hydrogen) atoms. The largest absolute Gasteiger partial charge is 0.497 e. The zero-order valence-electron chi connectivity index (χ0n) is 20.2. The van der Waals surface area contributed by atoms with Gasteiger partial charge in [-0.25, -0.2) is 12.7 Å². The number of carbonyl (C=O) groups is 3. The molecular weight excluding hydrogens is 470 g/mol. The van der Waals surface area contributed by atoms with Gasteiger partial charge in [-0.05, 0) is 49.6 Å². The molecule has 3 amide bonds. The van der Waals surface area contributed by atoms with Gasteiger partial charge in [0.1, 0.15) is 16.7 Å². The topological polar surface area (TPSA) is 113 Å². The van der Waals surface area contributed by atoms with Gasteiger partial charge in [0, 0.05) is 26.1 Å². The average Bonchev–Trinajstić information content (AvgIpc) is 3.04. The Hall–Kier alpha value is -3.40. The predicted octanol–water partition coefficient (Wildman–Crippen LogP) is 2.56. The monoisotopic (exact) mass is 501 g/mol. The minimum absolute atomic E-state index is 0.0155. The van der Waals surface area contributed by atoms with Crippen molar-refractivity contribution < 1.29 is 27.5 Å². The van der Waals surface area contributed by atoms with Gasteiger partial charge < -0.3 is 15.0 Å². The Morgan fingerprint density at radius 3 is 2.51 bits per heavy atom. The summed E-state index contributed by atoms with van der Waals surface area (Å²) in [7, 11) is -2.38. The standard InChI is InChI=1S/C25H31N3O6S/c1-4-21(24(30)26-5-2)27(17-18-10-8-11-19(16-18)34-3)23(29)14-9-15-28-25(31)20-12-6-7-13-22(20)35(28,32)33/h6-8,10-13,16,21H,4-5,9,14-15,17H2,1-3H3,(H,26,30)/t21-/m0/s1. The molecule has 2 aromatic carbocycles. The number of rotatable bonds is 11. The van der Waals surface area contributed by atoms with Crippen molar-refractivity contribution in [3.63, 3.8) is 0 Å². The van der Waals surface area contributed by atoms with E-state index in [0.29, 0.717) is 18.7 Å². The fourth-order valence-corrected chi connectivity index (χ4v) is 5.76. The number of sulfonamides is 1. The summed E-state index contributed by atoms with van der Waals surface area (Å²) in [5, 5.41) is 2.78. The summed E-state index contributed by atoms with van der Waals surface area (Å²) in [5.41, 5.74) is 0.939. The maximum Gasteiger partial charge on any atom is 0.269 e. The molecule has 0 unspecified atom stereocenters. The molecule has 0 saturated carbocycles. The Labute approximate surface area is 206 Å². The lowest BCUT2D eigenvalue weighted by atomic mass is 10.1. The van der Waals surface area contributed by atoms with Crippen molar-refractivity contribution in [1.82, 2.24) is 14.5 Å². The van der Waals surface area contributed by atoms with Crippen LogP contribution < -0.4 is 10.1 Å². The highest BCUT2D eigenvalue weighted by molar-refractivity contribution is 7.90. The van der Waals surface area contributed by atoms with E-state index in [1.807, 2.05) is 26.0 Å². The number of hydrogen-bond acceptors (Lipinski definition) is 6. The van der Waals surface area contributed by atoms with Gasteiger partial charge in [0.2, 0.25) is 11.8 Å². The molecule has 0 fully saturated rings. The van der Waals surface area contributed by atoms with Gasteiger partial charge in [-0.3, -0.25) is 14.4 Å². The van der Waals surface area contributed by atoms with Crippen molar-refractivity contribution in [3.05, 3.63) is 59.7 Å². The molecule has 0 saturated heterocycles. The molecule has 1 atom stereocenters. The van der Waals surface area contributed by atoms with E-state index in [9.17, 15) is 22.8 Å². The first-order chi connectivity index (χ1) is 16.7. The zero-order valence-corrected chi connectivity index (χ0v) is 21.0. The molecule has 0 aromatic heterocycles. The molecule has 2 aromatic rings. The van der Waals surface area contributed by atoms with Crippen LogP contribution in [0, 0.1) is 0 Å². The van der Waals surface area contributed by atoms with Gasteiger partial charge in [-0.2, -0.15) is 0 Å². The summed E-state index contributed by atoms with van der Waals surface area (Å²) in [6, 6.07) is 12.6. The third-order valence-corrected chi connectivity index (χ3v) is 7.73. The molecule has 3 rings (SSSR count). The molecule has 1 aliphatic heterocycles. The highest BCUT2D eigenvalue weighted by Gasteiger charge is 2.40. The molecule has 1 aliphatic rings. The smallest absolute Gasteiger partial charge is 0.269 e. The van der Waals surface area contributed by atoms with Crippen LogP contribution in [0.3, 0.4) is 0 Å². The highest BCUT2D eigenvalue weighted by atomic mass is 32.2. The number of nitrogens with zero attached hydrogens (tertiary/aromatic N) is 2. The van der Waals surface area contributed by atoms with E-state index in [1.54, 1.807) is 31.4 Å². The molecular formula is C25H31N3O6S. The van der Waals surface area contributed by atoms with Crippen molar-refractivity contribution in [2.24, 2.45) is 0 Å². The van der Waals surface area contributed by atoms with Gasteiger partial charge in [0.15, 0.2) is 0 Å². The maximum absolute atomic E-state index is 13.3. The zero-order chi connectivity index (χ0) is 25.6. The normalized spacial score (nSPS) is 14.8. The van der Waals surface area contributed by atoms with Crippen LogP contribution in [0.5, 0.6) is 5.75 Å². The van der Waals surface area contributed by atoms with Gasteiger partial charge in [0.25, 0.3) is 15.9 Å². The van der Waals surface area contributed by atoms with E-state index in [1.165, 1.54) is 17.0 Å². The van der Waals surface area contributed by atoms with Gasteiger partial charge in [-0.1, -0.05) is 31.2 Å². The summed E-state index contributed by atoms with van der Waals surface area (Å²) in [5.74, 6) is -0.500. The average molecular weight is 502 g/mol. The number of benzene rings is 2. The summed E-state index contributed by atoms with van der Waals surface area (Å²) in [6.45, 7) is 4.15. The van der Waals surface area contributed by atoms with E-state index in [0.717, 1.165) is 9.87 Å². The van der Waals surface area contributed by atoms with Crippen molar-refractivity contribution >= 4 is 27.7 Å². The molecule has 10 heteroatoms. The number of methoxy groups -OCH3 is 1. The number of nitrogens with one attached hydrogen (secondary N) is 1. The first kappa shape index (κ1) is 26.2. The van der Waals surface area contributed by atoms with E-state index in [-0.39, 0.29) is 48.2 Å². The van der Waals surface area contributed by atoms with Crippen LogP contribution in [-0.4, -0.2) is 61.6 Å². The molecule has 0 bridgehead atoms. The highest BCUT2D eigenvalue weighted by Crippen LogP contribution is 2.30. The van der Waals surface area contributed by atoms with Crippen molar-refractivity contribution in [1.29, 1.82) is 0 Å². The Balaban J connectivity index is 1.75. The lowest BCUT2D eigenvalue weighted by Crippen LogP contribution is -2.49. The minimum Gasteiger partial charge on any atom is -0.497 e. The second-order valence-electron chi connectivity index (χ2n) is 8.17. The Bertz CT molecular complexity index is 1200. The van der Waals surface area contributed by atoms with E-state index in [4.69, 9.17) is 4.74 Å². The van der Waals surface area contributed by atoms with E-state index in [2.05, 4.69) is 5.32 Å². The summed E-state index contributed by atoms with van der Waals surface area (Å²) >= 11 is 0. The Kier molecular flexibility index (Phi) is 8.50. The predicted molar refractivity (Wildman–Crippen MR) is 130 cm³/mol. The number of hydrogen-bond donors (Lipinski definition) is 1. The van der Waals surface area contributed by atoms with Gasteiger partial charge >= 0.3 is 0 Å². The third kappa shape index (κ3) is 5.64. The third-order valence-electron chi connectivity index (χ3n) is 5.89. The summed E-state index contributed by atoms with van der Waals surface area (Å²) in [6.07, 6.45) is 0.531. The molecule has 188 valence electrons. The van der Waals surface area contributed by atoms with E-state index < -0.39 is 22.0 Å². The van der Waals surface area contributed by atoms with Crippen molar-refractivity contribution in [3.8, 4) is 5.75 Å². The van der Waals surface area contributed by atoms with Crippen LogP contribution in [-0.2, 0) is 26.2 Å². The Morgan fingerprint density at radius 1 is 1.11 bits per heavy atom. The molecule has 0 aliphatic carbocycles. The summed E-state index contributed by atoms with van der Waals surface area (Å²) < 4.78 is 31.6. The van der Waals surface area contributed by atoms with Crippen LogP contribution in [0.2, 0.25) is 0 Å². The second-order valence-corrected chi connectivity index (χ2v) is 10.0. The lowest BCUT2D eigenvalue weighted by Gasteiger charge is -2.31. The van der Waals surface area contributed by atoms with E-state index >= 15 is 0 Å². The number of amides is 3. The number of likely N-dealkylation sites (N-methyl/N-ethyl adjacent to an activating group) is 1. The second kappa shape index (κ2) is 11.4. The van der Waals surface area contributed by atoms with Crippen molar-refractivity contribution in [2.75, 3.05) is 20.2 Å². The maximum atomic E-state index is 13.3. The first-order valence-electron chi connectivity index (χ1n) is 11.6. The van der Waals surface area contributed by atoms with Gasteiger partial charge in [0.05, 0.1) is 12.7 Å². The number of carbonyl (C=O) groups excluding carboxylic acids is 3. The molecule has 9 nitrogen and oxygen atoms in total. The molecule has 1 N–H and O–H groups in total. The lowest BCUT2D eigenvalue weighted by molar-refractivity contribution is -0.141. The van der Waals surface area contributed by atoms with Crippen LogP contribution >= 0.6 is 0 Å². The number of fused-ring (bicyclic) bond motifs is 1. The van der Waals surface area contributed by atoms with Crippen LogP contribution in [0.15, 0.2) is 53.4 Å². The van der Waals surface area contributed by atoms with Gasteiger partial charge in [-0.15, -0.1) is 0 Å². The SMILES string of the molecule is CCNC(=O)[C@H](CC)N(Cc1cccc(OC)c1)C(=O)CCCN1C(=O)c2ccccc2S1(=O)=O. The first-order valence-corrected chi connectivity index (χ1v) is 13.0.